The van der Waals surface area contributed by atoms with Gasteiger partial charge in [-0.05, 0) is 41.2 Å². The lowest BCUT2D eigenvalue weighted by Gasteiger charge is -2.38. The van der Waals surface area contributed by atoms with Gasteiger partial charge in [-0.25, -0.2) is 0 Å². The Hall–Kier alpha value is -0.820. The lowest BCUT2D eigenvalue weighted by Crippen LogP contribution is -2.28. The van der Waals surface area contributed by atoms with E-state index in [-0.39, 0.29) is 16.9 Å². The van der Waals surface area contributed by atoms with E-state index in [0.717, 1.165) is 24.8 Å². The van der Waals surface area contributed by atoms with Gasteiger partial charge in [-0.15, -0.1) is 0 Å². The summed E-state index contributed by atoms with van der Waals surface area (Å²) in [4.78, 5) is 0. The molecule has 2 rings (SSSR count). The summed E-state index contributed by atoms with van der Waals surface area (Å²) >= 11 is 0. The van der Waals surface area contributed by atoms with E-state index in [1.54, 1.807) is 0 Å². The van der Waals surface area contributed by atoms with E-state index in [4.69, 9.17) is 0 Å². The maximum absolute atomic E-state index is 10.8. The van der Waals surface area contributed by atoms with E-state index in [0.29, 0.717) is 0 Å². The minimum atomic E-state index is -0.318. The number of aliphatic hydroxyl groups excluding tert-OH is 1. The topological polar surface area (TPSA) is 20.2 Å². The first-order valence-corrected chi connectivity index (χ1v) is 8.17. The standard InChI is InChI=1S/C19H30O/c1-5-18(2,3)16-11-9-15(10-12-16)17(20)19(4)13-7-6-8-14-19/h9-12,17,20H,5-8,13-14H2,1-4H3. The molecule has 0 amide bonds. The summed E-state index contributed by atoms with van der Waals surface area (Å²) in [5, 5.41) is 10.8. The number of hydrogen-bond donors (Lipinski definition) is 1. The highest BCUT2D eigenvalue weighted by atomic mass is 16.3. The van der Waals surface area contributed by atoms with Crippen LogP contribution < -0.4 is 0 Å². The van der Waals surface area contributed by atoms with Gasteiger partial charge in [0.2, 0.25) is 0 Å². The second-order valence-corrected chi connectivity index (χ2v) is 7.48. The number of benzene rings is 1. The van der Waals surface area contributed by atoms with Gasteiger partial charge >= 0.3 is 0 Å². The van der Waals surface area contributed by atoms with Crippen LogP contribution in [-0.4, -0.2) is 5.11 Å². The third-order valence-corrected chi connectivity index (χ3v) is 5.55. The van der Waals surface area contributed by atoms with Crippen molar-refractivity contribution in [1.82, 2.24) is 0 Å². The SMILES string of the molecule is CCC(C)(C)c1ccc(C(O)C2(C)CCCCC2)cc1. The van der Waals surface area contributed by atoms with E-state index < -0.39 is 0 Å². The molecule has 0 heterocycles. The van der Waals surface area contributed by atoms with Gasteiger partial charge in [-0.1, -0.05) is 71.2 Å². The smallest absolute Gasteiger partial charge is 0.0843 e. The van der Waals surface area contributed by atoms with Crippen molar-refractivity contribution < 1.29 is 5.11 Å². The monoisotopic (exact) mass is 274 g/mol. The highest BCUT2D eigenvalue weighted by Crippen LogP contribution is 2.45. The maximum Gasteiger partial charge on any atom is 0.0843 e. The van der Waals surface area contributed by atoms with Crippen molar-refractivity contribution in [3.8, 4) is 0 Å². The number of aliphatic hydroxyl groups is 1. The van der Waals surface area contributed by atoms with Crippen molar-refractivity contribution in [2.75, 3.05) is 0 Å². The van der Waals surface area contributed by atoms with Crippen LogP contribution in [0.15, 0.2) is 24.3 Å². The fraction of sp³-hybridized carbons (Fsp3) is 0.684. The maximum atomic E-state index is 10.8. The largest absolute Gasteiger partial charge is 0.388 e. The van der Waals surface area contributed by atoms with Crippen molar-refractivity contribution in [2.24, 2.45) is 5.41 Å². The van der Waals surface area contributed by atoms with Gasteiger partial charge < -0.3 is 5.11 Å². The van der Waals surface area contributed by atoms with Crippen LogP contribution in [0.2, 0.25) is 0 Å². The number of hydrogen-bond acceptors (Lipinski definition) is 1. The summed E-state index contributed by atoms with van der Waals surface area (Å²) in [5.41, 5.74) is 2.74. The molecule has 1 saturated carbocycles. The van der Waals surface area contributed by atoms with Crippen LogP contribution in [0.3, 0.4) is 0 Å². The average molecular weight is 274 g/mol. The molecule has 0 saturated heterocycles. The number of rotatable bonds is 4. The molecule has 1 aliphatic rings. The van der Waals surface area contributed by atoms with Gasteiger partial charge in [-0.2, -0.15) is 0 Å². The Morgan fingerprint density at radius 3 is 2.15 bits per heavy atom. The zero-order chi connectivity index (χ0) is 14.8. The van der Waals surface area contributed by atoms with E-state index in [1.807, 2.05) is 0 Å². The molecule has 0 bridgehead atoms. The molecule has 1 N–H and O–H groups in total. The summed E-state index contributed by atoms with van der Waals surface area (Å²) in [6, 6.07) is 8.68. The molecule has 0 aliphatic heterocycles. The molecule has 1 aliphatic carbocycles. The summed E-state index contributed by atoms with van der Waals surface area (Å²) in [7, 11) is 0. The predicted molar refractivity (Wildman–Crippen MR) is 85.9 cm³/mol. The lowest BCUT2D eigenvalue weighted by atomic mass is 9.70. The summed E-state index contributed by atoms with van der Waals surface area (Å²) < 4.78 is 0. The Morgan fingerprint density at radius 1 is 1.10 bits per heavy atom. The predicted octanol–water partition coefficient (Wildman–Crippen LogP) is 5.38. The highest BCUT2D eigenvalue weighted by molar-refractivity contribution is 5.30. The molecule has 1 aromatic carbocycles. The van der Waals surface area contributed by atoms with Crippen molar-refractivity contribution in [2.45, 2.75) is 77.7 Å². The van der Waals surface area contributed by atoms with Gasteiger partial charge in [0.05, 0.1) is 6.10 Å². The molecular weight excluding hydrogens is 244 g/mol. The van der Waals surface area contributed by atoms with Crippen molar-refractivity contribution >= 4 is 0 Å². The Labute approximate surface area is 124 Å². The Bertz CT molecular complexity index is 424. The first-order valence-electron chi connectivity index (χ1n) is 8.17. The molecule has 1 atom stereocenters. The Morgan fingerprint density at radius 2 is 1.65 bits per heavy atom. The zero-order valence-corrected chi connectivity index (χ0v) is 13.6. The molecule has 1 heteroatoms. The molecule has 112 valence electrons. The molecule has 0 spiro atoms. The van der Waals surface area contributed by atoms with Gasteiger partial charge in [-0.3, -0.25) is 0 Å². The van der Waals surface area contributed by atoms with Gasteiger partial charge in [0.1, 0.15) is 0 Å². The van der Waals surface area contributed by atoms with E-state index in [9.17, 15) is 5.11 Å². The highest BCUT2D eigenvalue weighted by Gasteiger charge is 2.35. The van der Waals surface area contributed by atoms with Gasteiger partial charge in [0.25, 0.3) is 0 Å². The lowest BCUT2D eigenvalue weighted by molar-refractivity contribution is 0.00817. The van der Waals surface area contributed by atoms with Crippen molar-refractivity contribution in [3.05, 3.63) is 35.4 Å². The molecule has 1 aromatic rings. The minimum Gasteiger partial charge on any atom is -0.388 e. The fourth-order valence-corrected chi connectivity index (χ4v) is 3.36. The van der Waals surface area contributed by atoms with Crippen LogP contribution in [0.4, 0.5) is 0 Å². The van der Waals surface area contributed by atoms with E-state index in [2.05, 4.69) is 52.0 Å². The van der Waals surface area contributed by atoms with Crippen molar-refractivity contribution in [3.63, 3.8) is 0 Å². The third kappa shape index (κ3) is 3.09. The molecule has 0 aromatic heterocycles. The molecule has 1 nitrogen and oxygen atoms in total. The molecule has 1 unspecified atom stereocenters. The minimum absolute atomic E-state index is 0.0695. The van der Waals surface area contributed by atoms with Gasteiger partial charge in [0.15, 0.2) is 0 Å². The van der Waals surface area contributed by atoms with Crippen LogP contribution in [0, 0.1) is 5.41 Å². The first-order chi connectivity index (χ1) is 9.39. The summed E-state index contributed by atoms with van der Waals surface area (Å²) in [6.45, 7) is 9.04. The Balaban J connectivity index is 2.17. The summed E-state index contributed by atoms with van der Waals surface area (Å²) in [5.74, 6) is 0. The quantitative estimate of drug-likeness (QED) is 0.781. The Kier molecular flexibility index (Phi) is 4.59. The van der Waals surface area contributed by atoms with E-state index >= 15 is 0 Å². The third-order valence-electron chi connectivity index (χ3n) is 5.55. The van der Waals surface area contributed by atoms with Gasteiger partial charge in [0, 0.05) is 0 Å². The van der Waals surface area contributed by atoms with Crippen LogP contribution in [0.5, 0.6) is 0 Å². The summed E-state index contributed by atoms with van der Waals surface area (Å²) in [6.07, 6.45) is 6.95. The first kappa shape index (κ1) is 15.6. The van der Waals surface area contributed by atoms with Crippen LogP contribution in [0.1, 0.15) is 83.5 Å². The fourth-order valence-electron chi connectivity index (χ4n) is 3.36. The van der Waals surface area contributed by atoms with Crippen LogP contribution >= 0.6 is 0 Å². The van der Waals surface area contributed by atoms with Crippen molar-refractivity contribution in [1.29, 1.82) is 0 Å². The van der Waals surface area contributed by atoms with Crippen LogP contribution in [0.25, 0.3) is 0 Å². The molecular formula is C19H30O. The second-order valence-electron chi connectivity index (χ2n) is 7.48. The second kappa shape index (κ2) is 5.89. The molecule has 20 heavy (non-hydrogen) atoms. The molecule has 1 fully saturated rings. The normalized spacial score (nSPS) is 20.6. The average Bonchev–Trinajstić information content (AvgIpc) is 2.47. The van der Waals surface area contributed by atoms with E-state index in [1.165, 1.54) is 24.8 Å². The zero-order valence-electron chi connectivity index (χ0n) is 13.6. The molecule has 0 radical (unpaired) electrons. The van der Waals surface area contributed by atoms with Crippen LogP contribution in [-0.2, 0) is 5.41 Å².